The van der Waals surface area contributed by atoms with Crippen LogP contribution >= 0.6 is 0 Å². The molecule has 6 heteroatoms. The molecule has 2 N–H and O–H groups in total. The van der Waals surface area contributed by atoms with Gasteiger partial charge in [0.25, 0.3) is 11.8 Å². The molecule has 0 aromatic carbocycles. The van der Waals surface area contributed by atoms with Crippen molar-refractivity contribution >= 4 is 17.7 Å². The Morgan fingerprint density at radius 1 is 1.20 bits per heavy atom. The Hall–Kier alpha value is -1.59. The molecule has 0 bridgehead atoms. The van der Waals surface area contributed by atoms with Crippen LogP contribution in [0, 0.1) is 5.92 Å². The van der Waals surface area contributed by atoms with Crippen molar-refractivity contribution in [1.82, 2.24) is 15.8 Å². The van der Waals surface area contributed by atoms with Gasteiger partial charge in [0.15, 0.2) is 0 Å². The Bertz CT molecular complexity index is 294. The summed E-state index contributed by atoms with van der Waals surface area (Å²) in [4.78, 5) is 35.7. The van der Waals surface area contributed by atoms with E-state index in [0.29, 0.717) is 0 Å². The summed E-state index contributed by atoms with van der Waals surface area (Å²) in [5.74, 6) is -1.78. The van der Waals surface area contributed by atoms with Crippen molar-refractivity contribution in [3.8, 4) is 0 Å². The molecule has 0 spiro atoms. The van der Waals surface area contributed by atoms with Gasteiger partial charge < -0.3 is 4.90 Å². The molecule has 0 radical (unpaired) electrons. The maximum Gasteiger partial charge on any atom is 0.251 e. The molecule has 3 amide bonds. The highest BCUT2D eigenvalue weighted by Gasteiger charge is 2.36. The predicted octanol–water partition coefficient (Wildman–Crippen LogP) is -1.22. The summed E-state index contributed by atoms with van der Waals surface area (Å²) < 4.78 is 0. The second-order valence-corrected chi connectivity index (χ2v) is 3.82. The third kappa shape index (κ3) is 1.93. The molecule has 0 saturated carbocycles. The number of rotatable bonds is 2. The van der Waals surface area contributed by atoms with Gasteiger partial charge in [-0.3, -0.25) is 25.2 Å². The van der Waals surface area contributed by atoms with Gasteiger partial charge >= 0.3 is 0 Å². The van der Waals surface area contributed by atoms with Crippen LogP contribution < -0.4 is 10.9 Å². The molecule has 82 valence electrons. The van der Waals surface area contributed by atoms with E-state index >= 15 is 0 Å². The molecule has 2 fully saturated rings. The topological polar surface area (TPSA) is 78.5 Å². The highest BCUT2D eigenvalue weighted by Crippen LogP contribution is 2.14. The van der Waals surface area contributed by atoms with Gasteiger partial charge in [-0.2, -0.15) is 0 Å². The van der Waals surface area contributed by atoms with E-state index in [1.165, 1.54) is 0 Å². The molecule has 2 heterocycles. The first-order valence-corrected chi connectivity index (χ1v) is 5.06. The Balaban J connectivity index is 1.93. The first kappa shape index (κ1) is 9.95. The lowest BCUT2D eigenvalue weighted by atomic mass is 10.0. The largest absolute Gasteiger partial charge is 0.343 e. The second kappa shape index (κ2) is 3.88. The van der Waals surface area contributed by atoms with Crippen molar-refractivity contribution in [2.24, 2.45) is 5.92 Å². The standard InChI is InChI=1S/C9H13N3O3/c13-7(12-3-1-2-4-12)5-6-8(14)10-11-9(6)15/h6H,1-5H2,(H,10,14)(H,11,15). The third-order valence-electron chi connectivity index (χ3n) is 2.78. The molecule has 0 unspecified atom stereocenters. The van der Waals surface area contributed by atoms with Gasteiger partial charge in [0.1, 0.15) is 5.92 Å². The number of hydrogen-bond acceptors (Lipinski definition) is 3. The number of hydrogen-bond donors (Lipinski definition) is 2. The summed E-state index contributed by atoms with van der Waals surface area (Å²) in [7, 11) is 0. The molecule has 2 saturated heterocycles. The van der Waals surface area contributed by atoms with Crippen LogP contribution in [0.15, 0.2) is 0 Å². The van der Waals surface area contributed by atoms with Gasteiger partial charge in [-0.1, -0.05) is 0 Å². The predicted molar refractivity (Wildman–Crippen MR) is 50.2 cm³/mol. The maximum absolute atomic E-state index is 11.7. The molecule has 2 aliphatic heterocycles. The Labute approximate surface area is 87.0 Å². The van der Waals surface area contributed by atoms with E-state index in [4.69, 9.17) is 0 Å². The van der Waals surface area contributed by atoms with Gasteiger partial charge in [0.05, 0.1) is 0 Å². The zero-order valence-electron chi connectivity index (χ0n) is 8.28. The quantitative estimate of drug-likeness (QED) is 0.562. The summed E-state index contributed by atoms with van der Waals surface area (Å²) >= 11 is 0. The molecule has 6 nitrogen and oxygen atoms in total. The molecule has 2 aliphatic rings. The Kier molecular flexibility index (Phi) is 2.57. The Morgan fingerprint density at radius 3 is 2.27 bits per heavy atom. The minimum atomic E-state index is -0.849. The minimum absolute atomic E-state index is 0.0162. The fourth-order valence-electron chi connectivity index (χ4n) is 1.87. The number of carbonyl (C=O) groups excluding carboxylic acids is 3. The first-order chi connectivity index (χ1) is 7.18. The zero-order chi connectivity index (χ0) is 10.8. The second-order valence-electron chi connectivity index (χ2n) is 3.82. The smallest absolute Gasteiger partial charge is 0.251 e. The summed E-state index contributed by atoms with van der Waals surface area (Å²) in [6.45, 7) is 1.49. The summed E-state index contributed by atoms with van der Waals surface area (Å²) in [6, 6.07) is 0. The Morgan fingerprint density at radius 2 is 1.73 bits per heavy atom. The average molecular weight is 211 g/mol. The molecular weight excluding hydrogens is 198 g/mol. The van der Waals surface area contributed by atoms with Gasteiger partial charge in [-0.15, -0.1) is 0 Å². The molecule has 0 aromatic heterocycles. The van der Waals surface area contributed by atoms with E-state index in [2.05, 4.69) is 10.9 Å². The van der Waals surface area contributed by atoms with Gasteiger partial charge in [0.2, 0.25) is 5.91 Å². The van der Waals surface area contributed by atoms with E-state index < -0.39 is 17.7 Å². The van der Waals surface area contributed by atoms with Crippen LogP contribution in [0.3, 0.4) is 0 Å². The fourth-order valence-corrected chi connectivity index (χ4v) is 1.87. The van der Waals surface area contributed by atoms with Gasteiger partial charge in [0, 0.05) is 19.5 Å². The number of amides is 3. The van der Waals surface area contributed by atoms with Crippen molar-refractivity contribution in [2.75, 3.05) is 13.1 Å². The lowest BCUT2D eigenvalue weighted by molar-refractivity contribution is -0.137. The minimum Gasteiger partial charge on any atom is -0.343 e. The highest BCUT2D eigenvalue weighted by atomic mass is 16.2. The van der Waals surface area contributed by atoms with Gasteiger partial charge in [-0.25, -0.2) is 0 Å². The van der Waals surface area contributed by atoms with Crippen LogP contribution in [-0.4, -0.2) is 35.7 Å². The van der Waals surface area contributed by atoms with Crippen molar-refractivity contribution in [3.05, 3.63) is 0 Å². The number of carbonyl (C=O) groups is 3. The van der Waals surface area contributed by atoms with Crippen LogP contribution in [0.5, 0.6) is 0 Å². The van der Waals surface area contributed by atoms with Gasteiger partial charge in [-0.05, 0) is 12.8 Å². The van der Waals surface area contributed by atoms with E-state index in [9.17, 15) is 14.4 Å². The highest BCUT2D eigenvalue weighted by molar-refractivity contribution is 6.07. The van der Waals surface area contributed by atoms with Crippen LogP contribution in [0.1, 0.15) is 19.3 Å². The van der Waals surface area contributed by atoms with Crippen LogP contribution in [0.2, 0.25) is 0 Å². The van der Waals surface area contributed by atoms with Crippen LogP contribution in [0.4, 0.5) is 0 Å². The molecule has 2 rings (SSSR count). The summed E-state index contributed by atoms with van der Waals surface area (Å²) in [5, 5.41) is 0. The van der Waals surface area contributed by atoms with Crippen molar-refractivity contribution in [2.45, 2.75) is 19.3 Å². The molecule has 0 aromatic rings. The van der Waals surface area contributed by atoms with E-state index in [1.807, 2.05) is 0 Å². The fraction of sp³-hybridized carbons (Fsp3) is 0.667. The van der Waals surface area contributed by atoms with Crippen molar-refractivity contribution in [1.29, 1.82) is 0 Å². The molecular formula is C9H13N3O3. The lowest BCUT2D eigenvalue weighted by Gasteiger charge is -2.15. The number of nitrogens with one attached hydrogen (secondary N) is 2. The molecule has 15 heavy (non-hydrogen) atoms. The van der Waals surface area contributed by atoms with E-state index in [0.717, 1.165) is 25.9 Å². The lowest BCUT2D eigenvalue weighted by Crippen LogP contribution is -2.32. The van der Waals surface area contributed by atoms with Crippen LogP contribution in [-0.2, 0) is 14.4 Å². The number of nitrogens with zero attached hydrogens (tertiary/aromatic N) is 1. The monoisotopic (exact) mass is 211 g/mol. The summed E-state index contributed by atoms with van der Waals surface area (Å²) in [6.07, 6.45) is 2.00. The van der Waals surface area contributed by atoms with E-state index in [-0.39, 0.29) is 12.3 Å². The van der Waals surface area contributed by atoms with Crippen molar-refractivity contribution < 1.29 is 14.4 Å². The molecule has 0 atom stereocenters. The average Bonchev–Trinajstić information content (AvgIpc) is 2.82. The zero-order valence-corrected chi connectivity index (χ0v) is 8.28. The molecule has 0 aliphatic carbocycles. The third-order valence-corrected chi connectivity index (χ3v) is 2.78. The SMILES string of the molecule is O=C1NNC(=O)C1CC(=O)N1CCCC1. The van der Waals surface area contributed by atoms with Crippen molar-refractivity contribution in [3.63, 3.8) is 0 Å². The first-order valence-electron chi connectivity index (χ1n) is 5.06. The number of hydrazine groups is 1. The number of likely N-dealkylation sites (tertiary alicyclic amines) is 1. The summed E-state index contributed by atoms with van der Waals surface area (Å²) in [5.41, 5.74) is 4.41. The maximum atomic E-state index is 11.7. The van der Waals surface area contributed by atoms with Crippen LogP contribution in [0.25, 0.3) is 0 Å². The normalized spacial score (nSPS) is 21.7. The van der Waals surface area contributed by atoms with E-state index in [1.54, 1.807) is 4.90 Å².